The van der Waals surface area contributed by atoms with Crippen LogP contribution in [0, 0.1) is 0 Å². The normalized spacial score (nSPS) is 17.0. The van der Waals surface area contributed by atoms with Gasteiger partial charge in [-0.2, -0.15) is 31.3 Å². The first-order valence-corrected chi connectivity index (χ1v) is 12.8. The second-order valence-corrected chi connectivity index (χ2v) is 9.61. The molecule has 0 spiro atoms. The SMILES string of the molecule is CC(CC(=O)O)N[C@H]1COc2cc(-c3noc(-c4onc(-c5ccccc5)c4C(F)(F)F)n3)ccc2[C@H]1O.O=C(O)C(F)(F)F. The van der Waals surface area contributed by atoms with Crippen molar-refractivity contribution in [2.45, 2.75) is 43.9 Å². The molecule has 0 saturated heterocycles. The van der Waals surface area contributed by atoms with Crippen molar-refractivity contribution in [1.82, 2.24) is 20.6 Å². The van der Waals surface area contributed by atoms with Gasteiger partial charge in [-0.05, 0) is 13.0 Å². The van der Waals surface area contributed by atoms with Crippen molar-refractivity contribution in [3.63, 3.8) is 0 Å². The summed E-state index contributed by atoms with van der Waals surface area (Å²) in [6.07, 6.45) is -11.0. The lowest BCUT2D eigenvalue weighted by Crippen LogP contribution is -2.47. The number of benzene rings is 2. The van der Waals surface area contributed by atoms with E-state index in [-0.39, 0.29) is 24.4 Å². The fourth-order valence-corrected chi connectivity index (χ4v) is 4.28. The molecule has 4 N–H and O–H groups in total. The second-order valence-electron chi connectivity index (χ2n) is 9.61. The first-order valence-electron chi connectivity index (χ1n) is 12.8. The highest BCUT2D eigenvalue weighted by Crippen LogP contribution is 2.43. The van der Waals surface area contributed by atoms with Crippen LogP contribution in [0.1, 0.15) is 30.6 Å². The largest absolute Gasteiger partial charge is 0.491 e. The van der Waals surface area contributed by atoms with Gasteiger partial charge in [0.2, 0.25) is 11.6 Å². The average Bonchev–Trinajstić information content (AvgIpc) is 3.62. The standard InChI is InChI=1S/C25H21F3N4O6.C2HF3O2/c1-12(9-18(33)34)29-16-11-36-17-10-14(7-8-15(17)21(16)35)23-30-24(38-32-23)22-19(25(26,27)28)20(31-37-22)13-5-3-2-4-6-13;3-2(4,5)1(6)7/h2-8,10,12,16,21,29,35H,9,11H2,1H3,(H,33,34);(H,6,7)/t12?,16-,21+;/m0./s1. The van der Waals surface area contributed by atoms with E-state index in [4.69, 9.17) is 28.8 Å². The maximum absolute atomic E-state index is 14.0. The highest BCUT2D eigenvalue weighted by molar-refractivity contribution is 5.73. The quantitative estimate of drug-likeness (QED) is 0.199. The summed E-state index contributed by atoms with van der Waals surface area (Å²) in [4.78, 5) is 23.9. The number of ether oxygens (including phenoxy) is 1. The minimum absolute atomic E-state index is 0.0259. The predicted molar refractivity (Wildman–Crippen MR) is 138 cm³/mol. The van der Waals surface area contributed by atoms with E-state index in [9.17, 15) is 36.2 Å². The van der Waals surface area contributed by atoms with Crippen molar-refractivity contribution in [2.75, 3.05) is 6.61 Å². The molecule has 5 rings (SSSR count). The molecular formula is C27H22F6N4O8. The molecule has 12 nitrogen and oxygen atoms in total. The molecule has 0 aliphatic carbocycles. The van der Waals surface area contributed by atoms with Gasteiger partial charge in [-0.1, -0.05) is 52.8 Å². The smallest absolute Gasteiger partial charge is 0.490 e. The van der Waals surface area contributed by atoms with E-state index in [0.29, 0.717) is 16.9 Å². The molecule has 4 aromatic rings. The molecular weight excluding hydrogens is 622 g/mol. The summed E-state index contributed by atoms with van der Waals surface area (Å²) >= 11 is 0. The molecule has 2 aromatic heterocycles. The molecule has 0 radical (unpaired) electrons. The van der Waals surface area contributed by atoms with E-state index in [1.165, 1.54) is 18.2 Å². The zero-order valence-electron chi connectivity index (χ0n) is 22.8. The van der Waals surface area contributed by atoms with Crippen molar-refractivity contribution >= 4 is 11.9 Å². The number of fused-ring (bicyclic) bond motifs is 1. The van der Waals surface area contributed by atoms with Crippen molar-refractivity contribution in [3.05, 3.63) is 59.7 Å². The number of alkyl halides is 6. The number of carboxylic acid groups (broad SMARTS) is 2. The number of nitrogens with one attached hydrogen (secondary N) is 1. The van der Waals surface area contributed by atoms with Gasteiger partial charge in [0.1, 0.15) is 29.7 Å². The van der Waals surface area contributed by atoms with Gasteiger partial charge in [0, 0.05) is 22.7 Å². The summed E-state index contributed by atoms with van der Waals surface area (Å²) in [5.74, 6) is -4.63. The molecule has 240 valence electrons. The topological polar surface area (TPSA) is 181 Å². The first-order chi connectivity index (χ1) is 21.1. The zero-order chi connectivity index (χ0) is 33.1. The van der Waals surface area contributed by atoms with Crippen LogP contribution in [0.25, 0.3) is 34.3 Å². The third kappa shape index (κ3) is 7.76. The Morgan fingerprint density at radius 1 is 1.00 bits per heavy atom. The maximum atomic E-state index is 14.0. The number of carboxylic acids is 2. The summed E-state index contributed by atoms with van der Waals surface area (Å²) < 4.78 is 89.5. The van der Waals surface area contributed by atoms with Gasteiger partial charge in [0.15, 0.2) is 0 Å². The molecule has 0 fully saturated rings. The minimum atomic E-state index is -5.08. The Morgan fingerprint density at radius 3 is 2.27 bits per heavy atom. The summed E-state index contributed by atoms with van der Waals surface area (Å²) in [6.45, 7) is 1.75. The highest BCUT2D eigenvalue weighted by Gasteiger charge is 2.43. The van der Waals surface area contributed by atoms with Crippen molar-refractivity contribution < 1.29 is 65.0 Å². The van der Waals surface area contributed by atoms with Crippen LogP contribution in [-0.2, 0) is 15.8 Å². The number of halogens is 6. The number of aliphatic carboxylic acids is 2. The lowest BCUT2D eigenvalue weighted by atomic mass is 9.96. The molecule has 45 heavy (non-hydrogen) atoms. The minimum Gasteiger partial charge on any atom is -0.491 e. The number of carbonyl (C=O) groups is 2. The molecule has 3 atom stereocenters. The van der Waals surface area contributed by atoms with E-state index in [1.54, 1.807) is 37.3 Å². The number of hydrogen-bond acceptors (Lipinski definition) is 10. The van der Waals surface area contributed by atoms with Crippen molar-refractivity contribution in [1.29, 1.82) is 0 Å². The number of nitrogens with zero attached hydrogens (tertiary/aromatic N) is 3. The average molecular weight is 644 g/mol. The van der Waals surface area contributed by atoms with E-state index in [1.807, 2.05) is 0 Å². The van der Waals surface area contributed by atoms with Gasteiger partial charge in [-0.15, -0.1) is 0 Å². The van der Waals surface area contributed by atoms with Gasteiger partial charge in [0.25, 0.3) is 5.89 Å². The van der Waals surface area contributed by atoms with Crippen LogP contribution in [-0.4, -0.2) is 67.4 Å². The number of rotatable bonds is 7. The number of aromatic nitrogens is 3. The molecule has 0 saturated carbocycles. The van der Waals surface area contributed by atoms with Gasteiger partial charge in [-0.25, -0.2) is 4.79 Å². The Labute approximate surface area is 248 Å². The highest BCUT2D eigenvalue weighted by atomic mass is 19.4. The summed E-state index contributed by atoms with van der Waals surface area (Å²) in [5, 5.41) is 37.3. The van der Waals surface area contributed by atoms with Crippen LogP contribution in [0.2, 0.25) is 0 Å². The lowest BCUT2D eigenvalue weighted by Gasteiger charge is -2.32. The van der Waals surface area contributed by atoms with E-state index < -0.39 is 65.4 Å². The predicted octanol–water partition coefficient (Wildman–Crippen LogP) is 4.96. The van der Waals surface area contributed by atoms with Crippen LogP contribution in [0.5, 0.6) is 5.75 Å². The van der Waals surface area contributed by atoms with Gasteiger partial charge in [0.05, 0.1) is 12.5 Å². The molecule has 2 aromatic carbocycles. The monoisotopic (exact) mass is 644 g/mol. The fraction of sp³-hybridized carbons (Fsp3) is 0.296. The van der Waals surface area contributed by atoms with Crippen molar-refractivity contribution in [3.8, 4) is 40.0 Å². The fourth-order valence-electron chi connectivity index (χ4n) is 4.28. The lowest BCUT2D eigenvalue weighted by molar-refractivity contribution is -0.192. The molecule has 1 aliphatic rings. The van der Waals surface area contributed by atoms with Crippen molar-refractivity contribution in [2.24, 2.45) is 0 Å². The Bertz CT molecular complexity index is 1650. The summed E-state index contributed by atoms with van der Waals surface area (Å²) in [7, 11) is 0. The van der Waals surface area contributed by atoms with Crippen LogP contribution in [0.3, 0.4) is 0 Å². The molecule has 18 heteroatoms. The van der Waals surface area contributed by atoms with Crippen LogP contribution in [0.15, 0.2) is 57.6 Å². The zero-order valence-corrected chi connectivity index (χ0v) is 22.8. The van der Waals surface area contributed by atoms with Crippen LogP contribution >= 0.6 is 0 Å². The van der Waals surface area contributed by atoms with Gasteiger partial charge >= 0.3 is 24.3 Å². The third-order valence-corrected chi connectivity index (χ3v) is 6.25. The molecule has 3 heterocycles. The Morgan fingerprint density at radius 2 is 1.67 bits per heavy atom. The number of aliphatic hydroxyl groups excluding tert-OH is 1. The Hall–Kier alpha value is -4.97. The Kier molecular flexibility index (Phi) is 9.48. The van der Waals surface area contributed by atoms with Crippen LogP contribution in [0.4, 0.5) is 26.3 Å². The number of aliphatic hydroxyl groups is 1. The second kappa shape index (κ2) is 12.9. The molecule has 1 unspecified atom stereocenters. The third-order valence-electron chi connectivity index (χ3n) is 6.25. The van der Waals surface area contributed by atoms with E-state index in [2.05, 4.69) is 20.6 Å². The van der Waals surface area contributed by atoms with Gasteiger partial charge < -0.3 is 34.4 Å². The summed E-state index contributed by atoms with van der Waals surface area (Å²) in [6, 6.07) is 11.5. The molecule has 0 amide bonds. The Balaban J connectivity index is 0.000000591. The molecule has 0 bridgehead atoms. The van der Waals surface area contributed by atoms with E-state index >= 15 is 0 Å². The first kappa shape index (κ1) is 32.9. The summed E-state index contributed by atoms with van der Waals surface area (Å²) in [5.41, 5.74) is -0.500. The van der Waals surface area contributed by atoms with Crippen LogP contribution < -0.4 is 10.1 Å². The molecule has 1 aliphatic heterocycles. The van der Waals surface area contributed by atoms with E-state index in [0.717, 1.165) is 0 Å². The van der Waals surface area contributed by atoms with Gasteiger partial charge in [-0.3, -0.25) is 4.79 Å². The maximum Gasteiger partial charge on any atom is 0.490 e. The number of hydrogen-bond donors (Lipinski definition) is 4.